The van der Waals surface area contributed by atoms with Gasteiger partial charge in [-0.2, -0.15) is 0 Å². The summed E-state index contributed by atoms with van der Waals surface area (Å²) >= 11 is 0. The van der Waals surface area contributed by atoms with E-state index in [-0.39, 0.29) is 11.0 Å². The summed E-state index contributed by atoms with van der Waals surface area (Å²) in [4.78, 5) is 12.0. The topological polar surface area (TPSA) is 40.5 Å². The van der Waals surface area contributed by atoms with E-state index in [1.807, 2.05) is 27.0 Å². The monoisotopic (exact) mass is 325 g/mol. The first kappa shape index (κ1) is 19.0. The van der Waals surface area contributed by atoms with E-state index in [0.29, 0.717) is 18.8 Å². The van der Waals surface area contributed by atoms with Gasteiger partial charge in [0.2, 0.25) is 0 Å². The first-order valence-corrected chi connectivity index (χ1v) is 10.9. The smallest absolute Gasteiger partial charge is 0.340 e. The van der Waals surface area contributed by atoms with Crippen molar-refractivity contribution in [3.63, 3.8) is 0 Å². The van der Waals surface area contributed by atoms with Crippen molar-refractivity contribution in [1.82, 2.24) is 4.57 Å². The van der Waals surface area contributed by atoms with Gasteiger partial charge in [0.15, 0.2) is 8.32 Å². The van der Waals surface area contributed by atoms with Crippen molar-refractivity contribution >= 4 is 14.3 Å². The number of rotatable bonds is 6. The van der Waals surface area contributed by atoms with Gasteiger partial charge in [0.25, 0.3) is 0 Å². The number of aryl methyl sites for hydroxylation is 1. The lowest BCUT2D eigenvalue weighted by Crippen LogP contribution is -2.41. The highest BCUT2D eigenvalue weighted by atomic mass is 28.4. The molecule has 126 valence electrons. The van der Waals surface area contributed by atoms with Crippen LogP contribution in [-0.2, 0) is 15.7 Å². The van der Waals surface area contributed by atoms with Crippen molar-refractivity contribution in [2.24, 2.45) is 0 Å². The molecule has 22 heavy (non-hydrogen) atoms. The molecule has 0 unspecified atom stereocenters. The summed E-state index contributed by atoms with van der Waals surface area (Å²) in [5, 5.41) is 0.213. The molecule has 0 radical (unpaired) electrons. The van der Waals surface area contributed by atoms with E-state index in [1.54, 1.807) is 0 Å². The molecule has 0 bridgehead atoms. The molecule has 0 aromatic carbocycles. The summed E-state index contributed by atoms with van der Waals surface area (Å²) in [6, 6.07) is 0. The SMILES string of the molecule is CCOC(=O)c1c(C)cn(CCO[Si](C)(C)C(C)(C)C)c1C. The van der Waals surface area contributed by atoms with Crippen LogP contribution in [-0.4, -0.2) is 32.1 Å². The van der Waals surface area contributed by atoms with Gasteiger partial charge in [0.1, 0.15) is 0 Å². The van der Waals surface area contributed by atoms with Gasteiger partial charge < -0.3 is 13.7 Å². The van der Waals surface area contributed by atoms with E-state index in [2.05, 4.69) is 38.4 Å². The van der Waals surface area contributed by atoms with E-state index < -0.39 is 8.32 Å². The van der Waals surface area contributed by atoms with Crippen LogP contribution in [0.4, 0.5) is 0 Å². The molecule has 0 saturated heterocycles. The van der Waals surface area contributed by atoms with Gasteiger partial charge in [0, 0.05) is 18.4 Å². The molecule has 1 rings (SSSR count). The van der Waals surface area contributed by atoms with Crippen molar-refractivity contribution in [3.8, 4) is 0 Å². The molecule has 0 N–H and O–H groups in total. The summed E-state index contributed by atoms with van der Waals surface area (Å²) < 4.78 is 13.4. The average molecular weight is 326 g/mol. The second-order valence-electron chi connectivity index (χ2n) is 7.30. The molecule has 4 nitrogen and oxygen atoms in total. The van der Waals surface area contributed by atoms with E-state index in [1.165, 1.54) is 0 Å². The van der Waals surface area contributed by atoms with Crippen molar-refractivity contribution in [1.29, 1.82) is 0 Å². The number of carbonyl (C=O) groups is 1. The fourth-order valence-corrected chi connectivity index (χ4v) is 3.22. The highest BCUT2D eigenvalue weighted by Crippen LogP contribution is 2.36. The fourth-order valence-electron chi connectivity index (χ4n) is 2.18. The number of ether oxygens (including phenoxy) is 1. The van der Waals surface area contributed by atoms with Crippen molar-refractivity contribution < 1.29 is 14.0 Å². The van der Waals surface area contributed by atoms with Gasteiger partial charge in [0.05, 0.1) is 18.8 Å². The molecule has 1 aromatic heterocycles. The summed E-state index contributed by atoms with van der Waals surface area (Å²) in [7, 11) is -1.72. The number of aromatic nitrogens is 1. The normalized spacial score (nSPS) is 12.5. The van der Waals surface area contributed by atoms with Crippen molar-refractivity contribution in [3.05, 3.63) is 23.0 Å². The summed E-state index contributed by atoms with van der Waals surface area (Å²) in [6.07, 6.45) is 2.01. The fraction of sp³-hybridized carbons (Fsp3) is 0.706. The quantitative estimate of drug-likeness (QED) is 0.578. The Kier molecular flexibility index (Phi) is 6.04. The van der Waals surface area contributed by atoms with E-state index in [9.17, 15) is 4.79 Å². The zero-order valence-electron chi connectivity index (χ0n) is 15.4. The zero-order chi connectivity index (χ0) is 17.1. The van der Waals surface area contributed by atoms with Crippen LogP contribution in [0.5, 0.6) is 0 Å². The average Bonchev–Trinajstić information content (AvgIpc) is 2.63. The molecule has 0 aliphatic heterocycles. The van der Waals surface area contributed by atoms with E-state index in [0.717, 1.165) is 17.8 Å². The molecule has 0 spiro atoms. The minimum Gasteiger partial charge on any atom is -0.462 e. The lowest BCUT2D eigenvalue weighted by molar-refractivity contribution is 0.0524. The van der Waals surface area contributed by atoms with Gasteiger partial charge >= 0.3 is 5.97 Å². The number of hydrogen-bond donors (Lipinski definition) is 0. The minimum absolute atomic E-state index is 0.213. The number of esters is 1. The lowest BCUT2D eigenvalue weighted by Gasteiger charge is -2.36. The minimum atomic E-state index is -1.72. The lowest BCUT2D eigenvalue weighted by atomic mass is 10.2. The predicted octanol–water partition coefficient (Wildman–Crippen LogP) is 4.30. The second kappa shape index (κ2) is 7.00. The largest absolute Gasteiger partial charge is 0.462 e. The predicted molar refractivity (Wildman–Crippen MR) is 93.0 cm³/mol. The molecule has 0 amide bonds. The molecule has 1 heterocycles. The molecule has 1 aromatic rings. The molecule has 5 heteroatoms. The zero-order valence-corrected chi connectivity index (χ0v) is 16.4. The van der Waals surface area contributed by atoms with Gasteiger partial charge in [-0.25, -0.2) is 4.79 Å². The third-order valence-electron chi connectivity index (χ3n) is 4.62. The number of hydrogen-bond acceptors (Lipinski definition) is 3. The third kappa shape index (κ3) is 4.23. The van der Waals surface area contributed by atoms with Crippen LogP contribution in [0.25, 0.3) is 0 Å². The molecule has 0 atom stereocenters. The molecular weight excluding hydrogens is 294 g/mol. The Balaban J connectivity index is 2.77. The van der Waals surface area contributed by atoms with Crippen LogP contribution in [0.2, 0.25) is 18.1 Å². The Morgan fingerprint density at radius 1 is 1.27 bits per heavy atom. The van der Waals surface area contributed by atoms with Crippen LogP contribution < -0.4 is 0 Å². The number of nitrogens with zero attached hydrogens (tertiary/aromatic N) is 1. The van der Waals surface area contributed by atoms with Gasteiger partial charge in [-0.15, -0.1) is 0 Å². The highest BCUT2D eigenvalue weighted by Gasteiger charge is 2.36. The van der Waals surface area contributed by atoms with Crippen LogP contribution in [0.15, 0.2) is 6.20 Å². The molecule has 0 aliphatic carbocycles. The number of carbonyl (C=O) groups excluding carboxylic acids is 1. The maximum Gasteiger partial charge on any atom is 0.340 e. The third-order valence-corrected chi connectivity index (χ3v) is 9.16. The summed E-state index contributed by atoms with van der Waals surface area (Å²) in [5.41, 5.74) is 2.60. The Hall–Kier alpha value is -1.07. The Morgan fingerprint density at radius 3 is 2.36 bits per heavy atom. The van der Waals surface area contributed by atoms with Crippen LogP contribution in [0.3, 0.4) is 0 Å². The molecule has 0 saturated carbocycles. The van der Waals surface area contributed by atoms with Crippen LogP contribution in [0, 0.1) is 13.8 Å². The van der Waals surface area contributed by atoms with Crippen LogP contribution >= 0.6 is 0 Å². The first-order chi connectivity index (χ1) is 10.0. The van der Waals surface area contributed by atoms with Crippen LogP contribution in [0.1, 0.15) is 49.3 Å². The summed E-state index contributed by atoms with van der Waals surface area (Å²) in [5.74, 6) is -0.235. The Labute approximate surface area is 135 Å². The van der Waals surface area contributed by atoms with Crippen molar-refractivity contribution in [2.45, 2.75) is 66.2 Å². The first-order valence-electron chi connectivity index (χ1n) is 7.98. The molecule has 0 fully saturated rings. The van der Waals surface area contributed by atoms with Gasteiger partial charge in [-0.3, -0.25) is 0 Å². The van der Waals surface area contributed by atoms with Gasteiger partial charge in [-0.05, 0) is 44.5 Å². The van der Waals surface area contributed by atoms with E-state index >= 15 is 0 Å². The maximum atomic E-state index is 12.0. The highest BCUT2D eigenvalue weighted by molar-refractivity contribution is 6.74. The Morgan fingerprint density at radius 2 is 1.86 bits per heavy atom. The standard InChI is InChI=1S/C17H31NO3Si/c1-9-20-16(19)15-13(2)12-18(14(15)3)10-11-21-22(7,8)17(4,5)6/h12H,9-11H2,1-8H3. The van der Waals surface area contributed by atoms with Crippen molar-refractivity contribution in [2.75, 3.05) is 13.2 Å². The van der Waals surface area contributed by atoms with E-state index in [4.69, 9.17) is 9.16 Å². The molecule has 0 aliphatic rings. The molecular formula is C17H31NO3Si. The van der Waals surface area contributed by atoms with Gasteiger partial charge in [-0.1, -0.05) is 20.8 Å². The Bertz CT molecular complexity index is 527. The second-order valence-corrected chi connectivity index (χ2v) is 12.1. The maximum absolute atomic E-state index is 12.0. The summed E-state index contributed by atoms with van der Waals surface area (Å²) in [6.45, 7) is 18.8.